The van der Waals surface area contributed by atoms with E-state index in [0.29, 0.717) is 18.2 Å². The van der Waals surface area contributed by atoms with Crippen LogP contribution < -0.4 is 0 Å². The average molecular weight is 328 g/mol. The minimum Gasteiger partial charge on any atom is -0.288 e. The van der Waals surface area contributed by atoms with E-state index in [4.69, 9.17) is 0 Å². The maximum absolute atomic E-state index is 12.8. The van der Waals surface area contributed by atoms with Gasteiger partial charge in [0.25, 0.3) is 0 Å². The highest BCUT2D eigenvalue weighted by atomic mass is 32.2. The van der Waals surface area contributed by atoms with Crippen LogP contribution in [0.15, 0.2) is 24.3 Å². The molecule has 8 heteroatoms. The van der Waals surface area contributed by atoms with E-state index in [1.807, 2.05) is 0 Å². The normalized spacial score (nSPS) is 12.9. The fourth-order valence-electron chi connectivity index (χ4n) is 1.57. The van der Waals surface area contributed by atoms with Crippen LogP contribution in [-0.2, 0) is 17.1 Å². The van der Waals surface area contributed by atoms with Crippen LogP contribution >= 0.6 is 11.8 Å². The summed E-state index contributed by atoms with van der Waals surface area (Å²) in [6, 6.07) is 1.90. The minimum absolute atomic E-state index is 0.00117. The molecule has 0 atom stereocenters. The van der Waals surface area contributed by atoms with Crippen LogP contribution in [0.25, 0.3) is 6.08 Å². The predicted octanol–water partition coefficient (Wildman–Crippen LogP) is 5.02. The van der Waals surface area contributed by atoms with Crippen LogP contribution in [0.5, 0.6) is 0 Å². The van der Waals surface area contributed by atoms with Crippen LogP contribution in [0.3, 0.4) is 0 Å². The molecule has 0 fully saturated rings. The fourth-order valence-corrected chi connectivity index (χ4v) is 2.00. The molecule has 0 radical (unpaired) electrons. The van der Waals surface area contributed by atoms with Crippen molar-refractivity contribution >= 4 is 23.0 Å². The van der Waals surface area contributed by atoms with Crippen molar-refractivity contribution in [2.75, 3.05) is 5.75 Å². The van der Waals surface area contributed by atoms with Gasteiger partial charge in [-0.05, 0) is 17.7 Å². The second kappa shape index (κ2) is 6.55. The minimum atomic E-state index is -4.89. The largest absolute Gasteiger partial charge is 0.417 e. The van der Waals surface area contributed by atoms with Gasteiger partial charge in [-0.15, -0.1) is 0 Å². The van der Waals surface area contributed by atoms with Gasteiger partial charge >= 0.3 is 12.4 Å². The van der Waals surface area contributed by atoms with Gasteiger partial charge in [-0.1, -0.05) is 30.0 Å². The Morgan fingerprint density at radius 3 is 1.95 bits per heavy atom. The molecule has 0 aromatic heterocycles. The van der Waals surface area contributed by atoms with E-state index in [9.17, 15) is 31.1 Å². The van der Waals surface area contributed by atoms with Crippen LogP contribution in [0, 0.1) is 0 Å². The number of benzene rings is 1. The molecule has 0 amide bonds. The molecule has 0 heterocycles. The van der Waals surface area contributed by atoms with Crippen LogP contribution in [0.4, 0.5) is 26.3 Å². The Labute approximate surface area is 121 Å². The number of rotatable bonds is 3. The number of carbonyl (C=O) groups excluding carboxylic acids is 1. The van der Waals surface area contributed by atoms with Crippen molar-refractivity contribution in [3.05, 3.63) is 41.0 Å². The highest BCUT2D eigenvalue weighted by Crippen LogP contribution is 2.39. The summed E-state index contributed by atoms with van der Waals surface area (Å²) in [6.45, 7) is 1.25. The molecule has 0 aliphatic rings. The Balaban J connectivity index is 3.27. The molecule has 1 aromatic rings. The zero-order valence-electron chi connectivity index (χ0n) is 10.7. The summed E-state index contributed by atoms with van der Waals surface area (Å²) in [5.41, 5.74) is -3.66. The fraction of sp³-hybridized carbons (Fsp3) is 0.308. The summed E-state index contributed by atoms with van der Waals surface area (Å²) in [6.07, 6.45) is -7.93. The molecule has 0 aliphatic heterocycles. The van der Waals surface area contributed by atoms with Gasteiger partial charge < -0.3 is 0 Å². The van der Waals surface area contributed by atoms with E-state index in [2.05, 4.69) is 0 Å². The topological polar surface area (TPSA) is 17.1 Å². The third-order valence-corrected chi connectivity index (χ3v) is 3.15. The van der Waals surface area contributed by atoms with Gasteiger partial charge in [0.1, 0.15) is 0 Å². The lowest BCUT2D eigenvalue weighted by Gasteiger charge is -2.16. The van der Waals surface area contributed by atoms with E-state index < -0.39 is 29.0 Å². The maximum Gasteiger partial charge on any atom is 0.417 e. The summed E-state index contributed by atoms with van der Waals surface area (Å²) >= 11 is 0.789. The summed E-state index contributed by atoms with van der Waals surface area (Å²) in [5.74, 6) is -0.00117. The number of alkyl halides is 6. The summed E-state index contributed by atoms with van der Waals surface area (Å²) in [7, 11) is 0. The third-order valence-electron chi connectivity index (χ3n) is 2.38. The zero-order valence-corrected chi connectivity index (χ0v) is 11.5. The average Bonchev–Trinajstić information content (AvgIpc) is 2.31. The summed E-state index contributed by atoms with van der Waals surface area (Å²) in [4.78, 5) is 10.7. The highest BCUT2D eigenvalue weighted by Gasteiger charge is 2.39. The molecular weight excluding hydrogens is 318 g/mol. The van der Waals surface area contributed by atoms with Gasteiger partial charge in [0.2, 0.25) is 0 Å². The number of thioether (sulfide) groups is 1. The van der Waals surface area contributed by atoms with Gasteiger partial charge in [0.15, 0.2) is 5.12 Å². The molecule has 21 heavy (non-hydrogen) atoms. The van der Waals surface area contributed by atoms with Crippen molar-refractivity contribution in [3.8, 4) is 0 Å². The third kappa shape index (κ3) is 5.11. The lowest BCUT2D eigenvalue weighted by molar-refractivity contribution is -0.143. The smallest absolute Gasteiger partial charge is 0.288 e. The van der Waals surface area contributed by atoms with Gasteiger partial charge in [-0.25, -0.2) is 0 Å². The molecule has 0 unspecified atom stereocenters. The number of hydrogen-bond donors (Lipinski definition) is 0. The first-order valence-corrected chi connectivity index (χ1v) is 6.59. The lowest BCUT2D eigenvalue weighted by Crippen LogP contribution is -2.14. The van der Waals surface area contributed by atoms with Crippen LogP contribution in [0.2, 0.25) is 0 Å². The second-order valence-electron chi connectivity index (χ2n) is 3.97. The number of hydrogen-bond acceptors (Lipinski definition) is 2. The Bertz CT molecular complexity index is 512. The van der Waals surface area contributed by atoms with Crippen molar-refractivity contribution in [1.82, 2.24) is 0 Å². The molecule has 0 bridgehead atoms. The molecular formula is C13H10F6OS. The Hall–Kier alpha value is -1.44. The van der Waals surface area contributed by atoms with E-state index >= 15 is 0 Å². The van der Waals surface area contributed by atoms with Crippen molar-refractivity contribution < 1.29 is 31.1 Å². The molecule has 116 valence electrons. The first-order chi connectivity index (χ1) is 9.53. The standard InChI is InChI=1S/C13H10F6OS/c1-8(20)21-7-3-4-9-10(12(14,15)16)5-2-6-11(9)13(17,18)19/h2-6H,7H2,1H3. The summed E-state index contributed by atoms with van der Waals surface area (Å²) in [5, 5.41) is -0.278. The van der Waals surface area contributed by atoms with Crippen molar-refractivity contribution in [2.24, 2.45) is 0 Å². The van der Waals surface area contributed by atoms with Gasteiger partial charge in [0.05, 0.1) is 11.1 Å². The molecule has 0 spiro atoms. The van der Waals surface area contributed by atoms with E-state index in [-0.39, 0.29) is 10.9 Å². The predicted molar refractivity (Wildman–Crippen MR) is 68.6 cm³/mol. The molecule has 1 aromatic carbocycles. The molecule has 0 saturated carbocycles. The number of carbonyl (C=O) groups is 1. The second-order valence-corrected chi connectivity index (χ2v) is 5.16. The SMILES string of the molecule is CC(=O)SCC=Cc1c(C(F)(F)F)cccc1C(F)(F)F. The van der Waals surface area contributed by atoms with E-state index in [0.717, 1.165) is 23.9 Å². The van der Waals surface area contributed by atoms with Crippen LogP contribution in [0.1, 0.15) is 23.6 Å². The molecule has 1 nitrogen and oxygen atoms in total. The van der Waals surface area contributed by atoms with Crippen molar-refractivity contribution in [2.45, 2.75) is 19.3 Å². The van der Waals surface area contributed by atoms with Gasteiger partial charge in [0, 0.05) is 12.7 Å². The molecule has 1 rings (SSSR count). The Morgan fingerprint density at radius 1 is 1.10 bits per heavy atom. The van der Waals surface area contributed by atoms with Gasteiger partial charge in [-0.3, -0.25) is 4.79 Å². The van der Waals surface area contributed by atoms with Gasteiger partial charge in [-0.2, -0.15) is 26.3 Å². The Kier molecular flexibility index (Phi) is 5.49. The molecule has 0 saturated heterocycles. The van der Waals surface area contributed by atoms with Crippen molar-refractivity contribution in [3.63, 3.8) is 0 Å². The van der Waals surface area contributed by atoms with Crippen molar-refractivity contribution in [1.29, 1.82) is 0 Å². The Morgan fingerprint density at radius 2 is 1.57 bits per heavy atom. The maximum atomic E-state index is 12.8. The van der Waals surface area contributed by atoms with Crippen LogP contribution in [-0.4, -0.2) is 10.9 Å². The summed E-state index contributed by atoms with van der Waals surface area (Å²) < 4.78 is 76.8. The van der Waals surface area contributed by atoms with E-state index in [1.165, 1.54) is 6.92 Å². The zero-order chi connectivity index (χ0) is 16.3. The number of halogens is 6. The highest BCUT2D eigenvalue weighted by molar-refractivity contribution is 8.13. The monoisotopic (exact) mass is 328 g/mol. The van der Waals surface area contributed by atoms with E-state index in [1.54, 1.807) is 0 Å². The first-order valence-electron chi connectivity index (χ1n) is 5.61. The first kappa shape index (κ1) is 17.6. The quantitative estimate of drug-likeness (QED) is 0.725. The lowest BCUT2D eigenvalue weighted by atomic mass is 9.99. The molecule has 0 N–H and O–H groups in total. The molecule has 0 aliphatic carbocycles.